The van der Waals surface area contributed by atoms with Gasteiger partial charge in [-0.2, -0.15) is 0 Å². The first-order valence-corrected chi connectivity index (χ1v) is 12.3. The summed E-state index contributed by atoms with van der Waals surface area (Å²) in [4.78, 5) is 31.8. The minimum Gasteiger partial charge on any atom is -0.454 e. The number of carbonyl (C=O) groups excluding carboxylic acids is 2. The molecular weight excluding hydrogens is 460 g/mol. The van der Waals surface area contributed by atoms with Crippen LogP contribution < -0.4 is 14.8 Å². The van der Waals surface area contributed by atoms with E-state index in [1.165, 1.54) is 0 Å². The number of fused-ring (bicyclic) bond motifs is 2. The van der Waals surface area contributed by atoms with Crippen LogP contribution in [0.5, 0.6) is 11.5 Å². The van der Waals surface area contributed by atoms with Crippen LogP contribution in [0.2, 0.25) is 0 Å². The van der Waals surface area contributed by atoms with E-state index < -0.39 is 0 Å². The van der Waals surface area contributed by atoms with Gasteiger partial charge in [-0.3, -0.25) is 14.6 Å². The zero-order chi connectivity index (χ0) is 25.1. The Morgan fingerprint density at radius 1 is 1.06 bits per heavy atom. The average Bonchev–Trinajstić information content (AvgIpc) is 3.47. The zero-order valence-corrected chi connectivity index (χ0v) is 20.5. The second kappa shape index (κ2) is 10.3. The van der Waals surface area contributed by atoms with Crippen LogP contribution >= 0.6 is 0 Å². The van der Waals surface area contributed by atoms with Crippen LogP contribution in [0.4, 0.5) is 0 Å². The number of aryl methyl sites for hydroxylation is 1. The van der Waals surface area contributed by atoms with Crippen LogP contribution in [0, 0.1) is 5.92 Å². The SMILES string of the molecule is CC(C)[C@@H](NC(=O)c1ccccn1)c1nnc2n1CCN(C(=O)CCc1ccc3c(c1)OCO3)CC2. The van der Waals surface area contributed by atoms with Crippen LogP contribution in [0.15, 0.2) is 42.6 Å². The standard InChI is InChI=1S/C26H30N6O4/c1-17(2)24(28-26(34)19-5-3-4-11-27-19)25-30-29-22-10-12-31(13-14-32(22)25)23(33)9-7-18-6-8-20-21(15-18)36-16-35-20/h3-6,8,11,15,17,24H,7,9-10,12-14,16H2,1-2H3,(H,28,34)/t24-/m1/s1. The summed E-state index contributed by atoms with van der Waals surface area (Å²) in [7, 11) is 0. The van der Waals surface area contributed by atoms with E-state index in [9.17, 15) is 9.59 Å². The second-order valence-corrected chi connectivity index (χ2v) is 9.35. The van der Waals surface area contributed by atoms with Gasteiger partial charge >= 0.3 is 0 Å². The highest BCUT2D eigenvalue weighted by molar-refractivity contribution is 5.92. The molecule has 36 heavy (non-hydrogen) atoms. The molecule has 0 saturated heterocycles. The van der Waals surface area contributed by atoms with Crippen molar-refractivity contribution in [2.24, 2.45) is 5.92 Å². The summed E-state index contributed by atoms with van der Waals surface area (Å²) in [6, 6.07) is 10.7. The first-order chi connectivity index (χ1) is 17.5. The minimum atomic E-state index is -0.325. The van der Waals surface area contributed by atoms with Gasteiger partial charge in [0.2, 0.25) is 12.7 Å². The summed E-state index contributed by atoms with van der Waals surface area (Å²) in [5, 5.41) is 11.9. The van der Waals surface area contributed by atoms with Crippen molar-refractivity contribution in [3.8, 4) is 11.5 Å². The van der Waals surface area contributed by atoms with E-state index in [2.05, 4.69) is 25.1 Å². The molecule has 10 nitrogen and oxygen atoms in total. The average molecular weight is 491 g/mol. The number of carbonyl (C=O) groups is 2. The number of rotatable bonds is 7. The zero-order valence-electron chi connectivity index (χ0n) is 20.5. The molecule has 0 bridgehead atoms. The first kappa shape index (κ1) is 23.8. The van der Waals surface area contributed by atoms with Gasteiger partial charge in [-0.1, -0.05) is 26.0 Å². The Morgan fingerprint density at radius 3 is 2.72 bits per heavy atom. The van der Waals surface area contributed by atoms with Crippen LogP contribution in [0.1, 0.15) is 54.0 Å². The Bertz CT molecular complexity index is 1240. The molecule has 188 valence electrons. The maximum atomic E-state index is 13.0. The van der Waals surface area contributed by atoms with E-state index in [4.69, 9.17) is 9.47 Å². The third kappa shape index (κ3) is 5.02. The molecule has 2 aliphatic heterocycles. The number of aromatic nitrogens is 4. The lowest BCUT2D eigenvalue weighted by Crippen LogP contribution is -2.36. The van der Waals surface area contributed by atoms with Gasteiger partial charge in [0.25, 0.3) is 5.91 Å². The van der Waals surface area contributed by atoms with Gasteiger partial charge < -0.3 is 24.3 Å². The largest absolute Gasteiger partial charge is 0.454 e. The molecule has 0 saturated carbocycles. The van der Waals surface area contributed by atoms with Gasteiger partial charge in [0.05, 0.1) is 6.04 Å². The van der Waals surface area contributed by atoms with Crippen molar-refractivity contribution in [3.63, 3.8) is 0 Å². The lowest BCUT2D eigenvalue weighted by Gasteiger charge is -2.23. The number of nitrogens with zero attached hydrogens (tertiary/aromatic N) is 5. The summed E-state index contributed by atoms with van der Waals surface area (Å²) in [6.45, 7) is 6.04. The molecule has 0 fully saturated rings. The van der Waals surface area contributed by atoms with Gasteiger partial charge in [0.1, 0.15) is 11.5 Å². The molecule has 0 radical (unpaired) electrons. The van der Waals surface area contributed by atoms with Gasteiger partial charge in [-0.25, -0.2) is 0 Å². The first-order valence-electron chi connectivity index (χ1n) is 12.3. The Labute approximate surface area is 209 Å². The maximum Gasteiger partial charge on any atom is 0.270 e. The fourth-order valence-electron chi connectivity index (χ4n) is 4.57. The molecule has 1 N–H and O–H groups in total. The number of benzene rings is 1. The lowest BCUT2D eigenvalue weighted by atomic mass is 10.0. The highest BCUT2D eigenvalue weighted by Crippen LogP contribution is 2.33. The molecule has 5 rings (SSSR count). The topological polar surface area (TPSA) is 111 Å². The molecule has 4 heterocycles. The molecule has 0 spiro atoms. The quantitative estimate of drug-likeness (QED) is 0.542. The second-order valence-electron chi connectivity index (χ2n) is 9.35. The summed E-state index contributed by atoms with van der Waals surface area (Å²) in [5.41, 5.74) is 1.41. The van der Waals surface area contributed by atoms with Crippen LogP contribution in [-0.4, -0.2) is 56.3 Å². The van der Waals surface area contributed by atoms with E-state index >= 15 is 0 Å². The molecule has 2 aliphatic rings. The summed E-state index contributed by atoms with van der Waals surface area (Å²) in [5.74, 6) is 2.96. The molecule has 2 amide bonds. The van der Waals surface area contributed by atoms with E-state index in [0.29, 0.717) is 50.4 Å². The number of hydrogen-bond donors (Lipinski definition) is 1. The Balaban J connectivity index is 1.23. The number of ether oxygens (including phenoxy) is 2. The Morgan fingerprint density at radius 2 is 1.92 bits per heavy atom. The van der Waals surface area contributed by atoms with E-state index in [1.54, 1.807) is 24.4 Å². The van der Waals surface area contributed by atoms with Crippen LogP contribution in [0.25, 0.3) is 0 Å². The molecular formula is C26H30N6O4. The Kier molecular flexibility index (Phi) is 6.84. The van der Waals surface area contributed by atoms with Crippen LogP contribution in [-0.2, 0) is 24.2 Å². The van der Waals surface area contributed by atoms with Crippen LogP contribution in [0.3, 0.4) is 0 Å². The fourth-order valence-corrected chi connectivity index (χ4v) is 4.57. The van der Waals surface area contributed by atoms with Gasteiger partial charge in [0, 0.05) is 38.7 Å². The van der Waals surface area contributed by atoms with Gasteiger partial charge in [-0.15, -0.1) is 10.2 Å². The molecule has 3 aromatic rings. The van der Waals surface area contributed by atoms with E-state index in [0.717, 1.165) is 22.9 Å². The molecule has 1 atom stereocenters. The highest BCUT2D eigenvalue weighted by Gasteiger charge is 2.29. The lowest BCUT2D eigenvalue weighted by molar-refractivity contribution is -0.131. The molecule has 1 aromatic carbocycles. The molecule has 0 aliphatic carbocycles. The van der Waals surface area contributed by atoms with Crippen molar-refractivity contribution < 1.29 is 19.1 Å². The number of nitrogens with one attached hydrogen (secondary N) is 1. The van der Waals surface area contributed by atoms with Crippen molar-refractivity contribution in [2.75, 3.05) is 19.9 Å². The van der Waals surface area contributed by atoms with Crippen molar-refractivity contribution in [2.45, 2.75) is 45.7 Å². The number of amides is 2. The smallest absolute Gasteiger partial charge is 0.270 e. The predicted octanol–water partition coefficient (Wildman–Crippen LogP) is 2.55. The Hall–Kier alpha value is -3.95. The van der Waals surface area contributed by atoms with Crippen molar-refractivity contribution in [1.82, 2.24) is 30.0 Å². The van der Waals surface area contributed by atoms with E-state index in [-0.39, 0.29) is 30.6 Å². The third-order valence-corrected chi connectivity index (χ3v) is 6.60. The van der Waals surface area contributed by atoms with Crippen molar-refractivity contribution in [1.29, 1.82) is 0 Å². The molecule has 10 heteroatoms. The minimum absolute atomic E-state index is 0.0913. The van der Waals surface area contributed by atoms with Crippen molar-refractivity contribution in [3.05, 3.63) is 65.5 Å². The van der Waals surface area contributed by atoms with E-state index in [1.807, 2.05) is 36.9 Å². The third-order valence-electron chi connectivity index (χ3n) is 6.60. The molecule has 0 unspecified atom stereocenters. The predicted molar refractivity (Wildman–Crippen MR) is 130 cm³/mol. The monoisotopic (exact) mass is 490 g/mol. The maximum absolute atomic E-state index is 13.0. The number of pyridine rings is 1. The van der Waals surface area contributed by atoms with Gasteiger partial charge in [0.15, 0.2) is 17.3 Å². The normalized spacial score (nSPS) is 15.4. The van der Waals surface area contributed by atoms with Crippen molar-refractivity contribution >= 4 is 11.8 Å². The molecule has 2 aromatic heterocycles. The summed E-state index contributed by atoms with van der Waals surface area (Å²) < 4.78 is 12.8. The summed E-state index contributed by atoms with van der Waals surface area (Å²) >= 11 is 0. The fraction of sp³-hybridized carbons (Fsp3) is 0.423. The van der Waals surface area contributed by atoms with Gasteiger partial charge in [-0.05, 0) is 42.2 Å². The number of hydrogen-bond acceptors (Lipinski definition) is 7. The summed E-state index contributed by atoms with van der Waals surface area (Å²) in [6.07, 6.45) is 3.27. The highest BCUT2D eigenvalue weighted by atomic mass is 16.7.